The van der Waals surface area contributed by atoms with Gasteiger partial charge >= 0.3 is 6.36 Å². The van der Waals surface area contributed by atoms with Crippen LogP contribution in [-0.2, 0) is 16.4 Å². The molecule has 0 spiro atoms. The average Bonchev–Trinajstić information content (AvgIpc) is 3.44. The Hall–Kier alpha value is -3.78. The second-order valence-electron chi connectivity index (χ2n) is 9.16. The number of hydrogen-bond donors (Lipinski definition) is 1. The fourth-order valence-corrected chi connectivity index (χ4v) is 5.03. The van der Waals surface area contributed by atoms with Crippen molar-refractivity contribution in [2.75, 3.05) is 5.75 Å². The van der Waals surface area contributed by atoms with Crippen LogP contribution in [0.5, 0.6) is 5.75 Å². The zero-order valence-corrected chi connectivity index (χ0v) is 21.4. The summed E-state index contributed by atoms with van der Waals surface area (Å²) in [5.41, 5.74) is -0.0343. The summed E-state index contributed by atoms with van der Waals surface area (Å²) in [6, 6.07) is 11.4. The predicted octanol–water partition coefficient (Wildman–Crippen LogP) is 4.19. The maximum atomic E-state index is 12.7. The standard InChI is InChI=1S/C24H24F3N5O5S/c1-15-28-21(22-29-20(31-37-22)17-7-9-18(10-8-17)36-24(25,26)27)30-32(15)14-16-5-4-6-19(13-16)38(34,35)12-11-23(2,3)33/h4-10,13,33H,11-12,14H2,1-3H3. The SMILES string of the molecule is Cc1nc(-c2nc(-c3ccc(OC(F)(F)F)cc3)no2)nn1Cc1cccc(S(=O)(=O)CCC(C)(C)O)c1. The zero-order chi connectivity index (χ0) is 27.7. The van der Waals surface area contributed by atoms with E-state index < -0.39 is 21.8 Å². The van der Waals surface area contributed by atoms with Gasteiger partial charge in [-0.25, -0.2) is 18.1 Å². The minimum atomic E-state index is -4.80. The first-order valence-electron chi connectivity index (χ1n) is 11.3. The molecule has 0 aliphatic heterocycles. The predicted molar refractivity (Wildman–Crippen MR) is 129 cm³/mol. The lowest BCUT2D eigenvalue weighted by Gasteiger charge is -2.16. The topological polar surface area (TPSA) is 133 Å². The van der Waals surface area contributed by atoms with Gasteiger partial charge in [-0.05, 0) is 69.2 Å². The van der Waals surface area contributed by atoms with Crippen LogP contribution in [0.15, 0.2) is 57.9 Å². The van der Waals surface area contributed by atoms with Gasteiger partial charge in [-0.2, -0.15) is 4.98 Å². The molecule has 2 aromatic carbocycles. The summed E-state index contributed by atoms with van der Waals surface area (Å²) in [6.45, 7) is 5.03. The smallest absolute Gasteiger partial charge is 0.406 e. The molecule has 1 N–H and O–H groups in total. The van der Waals surface area contributed by atoms with Gasteiger partial charge in [0, 0.05) is 5.56 Å². The Labute approximate surface area is 216 Å². The van der Waals surface area contributed by atoms with Crippen molar-refractivity contribution in [1.29, 1.82) is 0 Å². The van der Waals surface area contributed by atoms with Crippen molar-refractivity contribution in [2.45, 2.75) is 50.6 Å². The van der Waals surface area contributed by atoms with E-state index in [1.807, 2.05) is 0 Å². The highest BCUT2D eigenvalue weighted by atomic mass is 32.2. The first-order chi connectivity index (χ1) is 17.7. The summed E-state index contributed by atoms with van der Waals surface area (Å²) in [6.07, 6.45) is -4.70. The third kappa shape index (κ3) is 6.95. The maximum Gasteiger partial charge on any atom is 0.573 e. The van der Waals surface area contributed by atoms with Gasteiger partial charge in [0.05, 0.1) is 22.8 Å². The molecule has 0 saturated heterocycles. The molecule has 0 saturated carbocycles. The molecule has 0 bridgehead atoms. The number of hydrogen-bond acceptors (Lipinski definition) is 9. The Morgan fingerprint density at radius 2 is 1.76 bits per heavy atom. The van der Waals surface area contributed by atoms with E-state index in [0.29, 0.717) is 17.0 Å². The quantitative estimate of drug-likeness (QED) is 0.325. The minimum absolute atomic E-state index is 0.000384. The summed E-state index contributed by atoms with van der Waals surface area (Å²) < 4.78 is 73.1. The van der Waals surface area contributed by atoms with Gasteiger partial charge in [-0.1, -0.05) is 17.3 Å². The lowest BCUT2D eigenvalue weighted by atomic mass is 10.1. The number of halogens is 3. The first kappa shape index (κ1) is 27.3. The molecule has 0 aliphatic rings. The van der Waals surface area contributed by atoms with E-state index in [4.69, 9.17) is 4.52 Å². The highest BCUT2D eigenvalue weighted by Crippen LogP contribution is 2.26. The summed E-state index contributed by atoms with van der Waals surface area (Å²) in [5, 5.41) is 18.1. The lowest BCUT2D eigenvalue weighted by Crippen LogP contribution is -2.23. The number of aliphatic hydroxyl groups is 1. The van der Waals surface area contributed by atoms with E-state index in [0.717, 1.165) is 12.1 Å². The second kappa shape index (κ2) is 10.2. The molecular formula is C24H24F3N5O5S. The van der Waals surface area contributed by atoms with Crippen LogP contribution in [0, 0.1) is 6.92 Å². The van der Waals surface area contributed by atoms with E-state index >= 15 is 0 Å². The van der Waals surface area contributed by atoms with Gasteiger partial charge in [-0.15, -0.1) is 18.3 Å². The number of sulfone groups is 1. The van der Waals surface area contributed by atoms with Crippen molar-refractivity contribution in [2.24, 2.45) is 0 Å². The van der Waals surface area contributed by atoms with Crippen LogP contribution < -0.4 is 4.74 Å². The highest BCUT2D eigenvalue weighted by molar-refractivity contribution is 7.91. The largest absolute Gasteiger partial charge is 0.573 e. The summed E-state index contributed by atoms with van der Waals surface area (Å²) in [7, 11) is -3.59. The molecular weight excluding hydrogens is 527 g/mol. The van der Waals surface area contributed by atoms with Crippen LogP contribution in [0.4, 0.5) is 13.2 Å². The minimum Gasteiger partial charge on any atom is -0.406 e. The maximum absolute atomic E-state index is 12.7. The number of nitrogens with zero attached hydrogens (tertiary/aromatic N) is 5. The molecule has 0 aliphatic carbocycles. The van der Waals surface area contributed by atoms with E-state index in [1.165, 1.54) is 18.2 Å². The van der Waals surface area contributed by atoms with Crippen LogP contribution in [0.2, 0.25) is 0 Å². The Balaban J connectivity index is 1.49. The number of ether oxygens (including phenoxy) is 1. The van der Waals surface area contributed by atoms with Gasteiger partial charge in [0.25, 0.3) is 5.89 Å². The number of benzene rings is 2. The first-order valence-corrected chi connectivity index (χ1v) is 13.0. The number of aryl methyl sites for hydroxylation is 1. The third-order valence-electron chi connectivity index (χ3n) is 5.39. The van der Waals surface area contributed by atoms with Crippen LogP contribution in [0.25, 0.3) is 23.1 Å². The van der Waals surface area contributed by atoms with Crippen molar-refractivity contribution in [1.82, 2.24) is 24.9 Å². The van der Waals surface area contributed by atoms with Crippen LogP contribution in [-0.4, -0.2) is 56.1 Å². The number of alkyl halides is 3. The average molecular weight is 552 g/mol. The lowest BCUT2D eigenvalue weighted by molar-refractivity contribution is -0.274. The molecule has 4 rings (SSSR count). The number of rotatable bonds is 9. The fourth-order valence-electron chi connectivity index (χ4n) is 3.41. The van der Waals surface area contributed by atoms with Crippen LogP contribution in [0.1, 0.15) is 31.7 Å². The molecule has 2 heterocycles. The fraction of sp³-hybridized carbons (Fsp3) is 0.333. The normalized spacial score (nSPS) is 12.6. The third-order valence-corrected chi connectivity index (χ3v) is 7.11. The van der Waals surface area contributed by atoms with E-state index in [2.05, 4.69) is 25.0 Å². The van der Waals surface area contributed by atoms with Gasteiger partial charge in [0.2, 0.25) is 11.6 Å². The molecule has 0 amide bonds. The Kier molecular flexibility index (Phi) is 7.30. The van der Waals surface area contributed by atoms with Crippen LogP contribution >= 0.6 is 0 Å². The molecule has 4 aromatic rings. The Morgan fingerprint density at radius 3 is 2.42 bits per heavy atom. The van der Waals surface area contributed by atoms with Gasteiger partial charge in [0.1, 0.15) is 11.6 Å². The molecule has 0 unspecified atom stereocenters. The van der Waals surface area contributed by atoms with Crippen molar-refractivity contribution >= 4 is 9.84 Å². The summed E-state index contributed by atoms with van der Waals surface area (Å²) in [5.74, 6) is 0.187. The van der Waals surface area contributed by atoms with Crippen molar-refractivity contribution < 1.29 is 36.0 Å². The summed E-state index contributed by atoms with van der Waals surface area (Å²) >= 11 is 0. The van der Waals surface area contributed by atoms with Gasteiger partial charge in [0.15, 0.2) is 9.84 Å². The van der Waals surface area contributed by atoms with Gasteiger partial charge < -0.3 is 14.4 Å². The second-order valence-corrected chi connectivity index (χ2v) is 11.3. The summed E-state index contributed by atoms with van der Waals surface area (Å²) in [4.78, 5) is 8.70. The van der Waals surface area contributed by atoms with Crippen LogP contribution in [0.3, 0.4) is 0 Å². The molecule has 10 nitrogen and oxygen atoms in total. The van der Waals surface area contributed by atoms with Gasteiger partial charge in [-0.3, -0.25) is 0 Å². The van der Waals surface area contributed by atoms with E-state index in [-0.39, 0.29) is 46.9 Å². The monoisotopic (exact) mass is 551 g/mol. The number of aromatic nitrogens is 5. The molecule has 202 valence electrons. The zero-order valence-electron chi connectivity index (χ0n) is 20.6. The molecule has 38 heavy (non-hydrogen) atoms. The Morgan fingerprint density at radius 1 is 1.05 bits per heavy atom. The highest BCUT2D eigenvalue weighted by Gasteiger charge is 2.31. The molecule has 0 radical (unpaired) electrons. The molecule has 0 fully saturated rings. The van der Waals surface area contributed by atoms with E-state index in [9.17, 15) is 26.7 Å². The van der Waals surface area contributed by atoms with Crippen molar-refractivity contribution in [3.8, 4) is 28.9 Å². The molecule has 14 heteroatoms. The molecule has 0 atom stereocenters. The Bertz CT molecular complexity index is 1520. The molecule has 2 aromatic heterocycles. The van der Waals surface area contributed by atoms with Crippen molar-refractivity contribution in [3.05, 3.63) is 59.9 Å². The van der Waals surface area contributed by atoms with Crippen molar-refractivity contribution in [3.63, 3.8) is 0 Å². The van der Waals surface area contributed by atoms with E-state index in [1.54, 1.807) is 43.7 Å².